The molecule has 4 heterocycles. The highest BCUT2D eigenvalue weighted by molar-refractivity contribution is 5.95. The maximum atomic E-state index is 13.3. The van der Waals surface area contributed by atoms with Crippen molar-refractivity contribution in [1.29, 1.82) is 0 Å². The topological polar surface area (TPSA) is 106 Å². The average Bonchev–Trinajstić information content (AvgIpc) is 2.96. The highest BCUT2D eigenvalue weighted by Gasteiger charge is 2.51. The van der Waals surface area contributed by atoms with Gasteiger partial charge >= 0.3 is 11.9 Å². The molecular weight excluding hydrogens is 412 g/mol. The van der Waals surface area contributed by atoms with Crippen LogP contribution in [0, 0.1) is 11.8 Å². The first-order valence-electron chi connectivity index (χ1n) is 10.9. The Hall–Kier alpha value is -3.26. The second-order valence-corrected chi connectivity index (χ2v) is 8.73. The van der Waals surface area contributed by atoms with Crippen molar-refractivity contribution in [3.63, 3.8) is 0 Å². The summed E-state index contributed by atoms with van der Waals surface area (Å²) in [5.74, 6) is -1.81. The largest absolute Gasteiger partial charge is 0.463 e. The number of aromatic nitrogens is 1. The van der Waals surface area contributed by atoms with Crippen LogP contribution in [0.2, 0.25) is 0 Å². The van der Waals surface area contributed by atoms with Gasteiger partial charge in [0.1, 0.15) is 12.4 Å². The zero-order chi connectivity index (χ0) is 22.6. The van der Waals surface area contributed by atoms with Gasteiger partial charge in [-0.2, -0.15) is 0 Å². The molecule has 1 aromatic heterocycles. The molecule has 3 aliphatic rings. The highest BCUT2D eigenvalue weighted by Crippen LogP contribution is 2.44. The Kier molecular flexibility index (Phi) is 4.78. The van der Waals surface area contributed by atoms with E-state index < -0.39 is 29.4 Å². The van der Waals surface area contributed by atoms with Gasteiger partial charge in [0.05, 0.1) is 29.4 Å². The lowest BCUT2D eigenvalue weighted by Crippen LogP contribution is -2.45. The summed E-state index contributed by atoms with van der Waals surface area (Å²) in [7, 11) is 0. The summed E-state index contributed by atoms with van der Waals surface area (Å²) in [5, 5.41) is 12.1. The normalized spacial score (nSPS) is 26.6. The van der Waals surface area contributed by atoms with Gasteiger partial charge in [0.25, 0.3) is 0 Å². The van der Waals surface area contributed by atoms with Gasteiger partial charge in [-0.3, -0.25) is 9.59 Å². The minimum Gasteiger partial charge on any atom is -0.463 e. The first-order valence-corrected chi connectivity index (χ1v) is 10.9. The third-order valence-electron chi connectivity index (χ3n) is 6.52. The van der Waals surface area contributed by atoms with Crippen molar-refractivity contribution in [2.45, 2.75) is 45.3 Å². The van der Waals surface area contributed by atoms with Crippen molar-refractivity contribution in [3.05, 3.63) is 41.6 Å². The number of esters is 2. The Labute approximate surface area is 184 Å². The van der Waals surface area contributed by atoms with Crippen molar-refractivity contribution in [2.24, 2.45) is 11.8 Å². The van der Waals surface area contributed by atoms with Crippen LogP contribution in [0.15, 0.2) is 30.3 Å². The van der Waals surface area contributed by atoms with Gasteiger partial charge in [0.15, 0.2) is 5.60 Å². The number of carbonyl (C=O) groups excluding carboxylic acids is 3. The molecule has 0 spiro atoms. The Balaban J connectivity index is 1.62. The van der Waals surface area contributed by atoms with Crippen molar-refractivity contribution in [2.75, 3.05) is 6.61 Å². The van der Waals surface area contributed by atoms with E-state index in [2.05, 4.69) is 0 Å². The third kappa shape index (κ3) is 3.17. The second kappa shape index (κ2) is 7.41. The Bertz CT molecular complexity index is 1190. The molecule has 2 unspecified atom stereocenters. The summed E-state index contributed by atoms with van der Waals surface area (Å²) < 4.78 is 10.5. The predicted octanol–water partition coefficient (Wildman–Crippen LogP) is 2.57. The number of fused-ring (bicyclic) bond motifs is 6. The Morgan fingerprint density at radius 3 is 2.91 bits per heavy atom. The molecule has 1 amide bonds. The monoisotopic (exact) mass is 436 g/mol. The molecule has 8 nitrogen and oxygen atoms in total. The lowest BCUT2D eigenvalue weighted by atomic mass is 9.79. The Morgan fingerprint density at radius 1 is 1.34 bits per heavy atom. The number of hydrogen-bond donors (Lipinski definition) is 1. The van der Waals surface area contributed by atoms with Crippen LogP contribution in [0.3, 0.4) is 0 Å². The minimum absolute atomic E-state index is 0.0324. The van der Waals surface area contributed by atoms with Crippen LogP contribution in [0.5, 0.6) is 5.75 Å². The summed E-state index contributed by atoms with van der Waals surface area (Å²) in [6.07, 6.45) is 3.06. The van der Waals surface area contributed by atoms with E-state index in [4.69, 9.17) is 14.5 Å². The van der Waals surface area contributed by atoms with E-state index in [1.807, 2.05) is 19.1 Å². The standard InChI is InChI=1S/C24H24N2O6/c1-3-6-24(30)17-8-16(12-31-23(24)29)22(28)26-11-15-7-14-9-18(32-13(2)27)4-5-19(14)25-21(15)20(26)10-17/h4-5,7,9-10,16-17,30H,3,6,8,11-12H2,1-2H3/t16?,17?,24-/m1/s1. The lowest BCUT2D eigenvalue weighted by molar-refractivity contribution is -0.168. The number of cyclic esters (lactones) is 1. The summed E-state index contributed by atoms with van der Waals surface area (Å²) in [4.78, 5) is 43.7. The maximum Gasteiger partial charge on any atom is 0.338 e. The fourth-order valence-corrected chi connectivity index (χ4v) is 5.00. The lowest BCUT2D eigenvalue weighted by Gasteiger charge is -2.30. The molecule has 2 aromatic rings. The van der Waals surface area contributed by atoms with E-state index >= 15 is 0 Å². The molecule has 1 N–H and O–H groups in total. The smallest absolute Gasteiger partial charge is 0.338 e. The Morgan fingerprint density at radius 2 is 2.16 bits per heavy atom. The molecule has 0 saturated carbocycles. The van der Waals surface area contributed by atoms with Gasteiger partial charge in [0, 0.05) is 23.8 Å². The van der Waals surface area contributed by atoms with Crippen LogP contribution < -0.4 is 4.74 Å². The number of carbonyl (C=O) groups is 3. The van der Waals surface area contributed by atoms with Crippen LogP contribution >= 0.6 is 0 Å². The summed E-state index contributed by atoms with van der Waals surface area (Å²) in [5.41, 5.74) is 1.20. The van der Waals surface area contributed by atoms with Gasteiger partial charge in [-0.25, -0.2) is 9.78 Å². The number of benzene rings is 1. The second-order valence-electron chi connectivity index (χ2n) is 8.73. The quantitative estimate of drug-likeness (QED) is 0.582. The predicted molar refractivity (Wildman–Crippen MR) is 114 cm³/mol. The summed E-state index contributed by atoms with van der Waals surface area (Å²) in [6, 6.07) is 7.13. The van der Waals surface area contributed by atoms with E-state index in [-0.39, 0.29) is 18.9 Å². The van der Waals surface area contributed by atoms with Crippen LogP contribution in [0.1, 0.15) is 44.4 Å². The van der Waals surface area contributed by atoms with Crippen LogP contribution in [-0.4, -0.2) is 45.0 Å². The number of amides is 1. The molecule has 3 atom stereocenters. The number of nitrogens with zero attached hydrogens (tertiary/aromatic N) is 2. The number of rotatable bonds is 3. The van der Waals surface area contributed by atoms with Gasteiger partial charge in [0.2, 0.25) is 5.91 Å². The van der Waals surface area contributed by atoms with E-state index in [0.717, 1.165) is 10.9 Å². The number of hydrogen-bond acceptors (Lipinski definition) is 7. The summed E-state index contributed by atoms with van der Waals surface area (Å²) in [6.45, 7) is 3.56. The van der Waals surface area contributed by atoms with Crippen molar-refractivity contribution in [3.8, 4) is 5.75 Å². The van der Waals surface area contributed by atoms with Gasteiger partial charge in [-0.05, 0) is 37.1 Å². The van der Waals surface area contributed by atoms with Crippen molar-refractivity contribution in [1.82, 2.24) is 9.88 Å². The van der Waals surface area contributed by atoms with Gasteiger partial charge in [-0.15, -0.1) is 0 Å². The first-order chi connectivity index (χ1) is 15.3. The highest BCUT2D eigenvalue weighted by atomic mass is 16.6. The molecule has 1 fully saturated rings. The maximum absolute atomic E-state index is 13.3. The fraction of sp³-hybridized carbons (Fsp3) is 0.417. The third-order valence-corrected chi connectivity index (χ3v) is 6.52. The SMILES string of the molecule is CCC[C@]1(O)C(=O)OCC2CC1C=C1c3nc4ccc(OC(C)=O)cc4cc3CN1C2=O. The summed E-state index contributed by atoms with van der Waals surface area (Å²) >= 11 is 0. The van der Waals surface area contributed by atoms with Crippen LogP contribution in [0.4, 0.5) is 0 Å². The van der Waals surface area contributed by atoms with E-state index in [0.29, 0.717) is 42.0 Å². The number of aliphatic hydroxyl groups is 1. The zero-order valence-corrected chi connectivity index (χ0v) is 18.0. The van der Waals surface area contributed by atoms with Gasteiger partial charge in [-0.1, -0.05) is 19.4 Å². The zero-order valence-electron chi connectivity index (χ0n) is 18.0. The molecule has 166 valence electrons. The molecule has 8 heteroatoms. The number of pyridine rings is 1. The first kappa shape index (κ1) is 20.6. The number of ether oxygens (including phenoxy) is 2. The van der Waals surface area contributed by atoms with Crippen molar-refractivity contribution < 1.29 is 29.0 Å². The van der Waals surface area contributed by atoms with E-state index in [1.165, 1.54) is 6.92 Å². The molecule has 1 aromatic carbocycles. The molecule has 1 saturated heterocycles. The van der Waals surface area contributed by atoms with E-state index in [1.54, 1.807) is 23.1 Å². The van der Waals surface area contributed by atoms with E-state index in [9.17, 15) is 19.5 Å². The molecule has 0 radical (unpaired) electrons. The molecular formula is C24H24N2O6. The van der Waals surface area contributed by atoms with Crippen LogP contribution in [0.25, 0.3) is 16.6 Å². The molecule has 2 bridgehead atoms. The van der Waals surface area contributed by atoms with Crippen molar-refractivity contribution >= 4 is 34.4 Å². The van der Waals surface area contributed by atoms with Crippen LogP contribution in [-0.2, 0) is 25.7 Å². The molecule has 32 heavy (non-hydrogen) atoms. The minimum atomic E-state index is -1.66. The average molecular weight is 436 g/mol. The molecule has 0 aliphatic carbocycles. The fourth-order valence-electron chi connectivity index (χ4n) is 5.00. The van der Waals surface area contributed by atoms with Gasteiger partial charge < -0.3 is 19.5 Å². The molecule has 3 aliphatic heterocycles. The molecule has 5 rings (SSSR count).